The Kier molecular flexibility index (Phi) is 5.11. The highest BCUT2D eigenvalue weighted by atomic mass is 16.5. The first-order valence-corrected chi connectivity index (χ1v) is 7.66. The molecule has 2 heteroatoms. The highest BCUT2D eigenvalue weighted by Crippen LogP contribution is 2.29. The van der Waals surface area contributed by atoms with Crippen LogP contribution in [0.3, 0.4) is 0 Å². The first-order valence-electron chi connectivity index (χ1n) is 7.66. The second-order valence-corrected chi connectivity index (χ2v) is 6.79. The number of benzene rings is 1. The van der Waals surface area contributed by atoms with Gasteiger partial charge in [-0.25, -0.2) is 0 Å². The van der Waals surface area contributed by atoms with Gasteiger partial charge in [0.1, 0.15) is 18.1 Å². The number of hydrogen-bond donors (Lipinski definition) is 0. The highest BCUT2D eigenvalue weighted by Gasteiger charge is 2.12. The molecule has 0 saturated carbocycles. The Morgan fingerprint density at radius 2 is 2.14 bits per heavy atom. The summed E-state index contributed by atoms with van der Waals surface area (Å²) in [7, 11) is 0. The third-order valence-corrected chi connectivity index (χ3v) is 3.43. The molecule has 1 aromatic carbocycles. The fourth-order valence-corrected chi connectivity index (χ4v) is 2.17. The van der Waals surface area contributed by atoms with Crippen molar-refractivity contribution >= 4 is 0 Å². The lowest BCUT2D eigenvalue weighted by Crippen LogP contribution is -2.01. The van der Waals surface area contributed by atoms with Crippen LogP contribution >= 0.6 is 0 Å². The zero-order chi connectivity index (χ0) is 15.3. The smallest absolute Gasteiger partial charge is 0.126 e. The first kappa shape index (κ1) is 15.7. The normalized spacial score (nSPS) is 15.1. The minimum absolute atomic E-state index is 0.345. The van der Waals surface area contributed by atoms with E-state index < -0.39 is 0 Å². The van der Waals surface area contributed by atoms with E-state index in [1.807, 2.05) is 12.1 Å². The van der Waals surface area contributed by atoms with Crippen LogP contribution in [-0.4, -0.2) is 13.2 Å². The van der Waals surface area contributed by atoms with Gasteiger partial charge in [0, 0.05) is 12.5 Å². The van der Waals surface area contributed by atoms with E-state index in [1.54, 1.807) is 0 Å². The van der Waals surface area contributed by atoms with Crippen molar-refractivity contribution in [1.29, 1.82) is 0 Å². The summed E-state index contributed by atoms with van der Waals surface area (Å²) < 4.78 is 11.3. The van der Waals surface area contributed by atoms with Gasteiger partial charge in [-0.05, 0) is 36.5 Å². The molecule has 1 heterocycles. The van der Waals surface area contributed by atoms with Crippen LogP contribution in [0.4, 0.5) is 0 Å². The van der Waals surface area contributed by atoms with Gasteiger partial charge < -0.3 is 9.47 Å². The summed E-state index contributed by atoms with van der Waals surface area (Å²) >= 11 is 0. The Morgan fingerprint density at radius 3 is 2.90 bits per heavy atom. The maximum Gasteiger partial charge on any atom is 0.126 e. The molecular formula is C19H26O2. The number of allylic oxidation sites excluding steroid dienone is 3. The standard InChI is InChI=1S/C19H26O2/c1-15(6-5-11-19(2,3)4)9-12-20-17-8-7-16-10-13-21-18(16)14-17/h5-9,14H,10-13H2,1-4H3. The molecule has 1 aliphatic heterocycles. The molecule has 0 radical (unpaired) electrons. The number of fused-ring (bicyclic) bond motifs is 1. The predicted molar refractivity (Wildman–Crippen MR) is 88.1 cm³/mol. The van der Waals surface area contributed by atoms with Gasteiger partial charge in [-0.2, -0.15) is 0 Å². The zero-order valence-electron chi connectivity index (χ0n) is 13.6. The number of rotatable bonds is 5. The van der Waals surface area contributed by atoms with Crippen molar-refractivity contribution in [1.82, 2.24) is 0 Å². The summed E-state index contributed by atoms with van der Waals surface area (Å²) in [4.78, 5) is 0. The van der Waals surface area contributed by atoms with E-state index in [9.17, 15) is 0 Å². The molecule has 0 unspecified atom stereocenters. The zero-order valence-corrected chi connectivity index (χ0v) is 13.6. The molecule has 1 aromatic rings. The molecule has 0 aromatic heterocycles. The van der Waals surface area contributed by atoms with Gasteiger partial charge in [0.05, 0.1) is 6.61 Å². The second kappa shape index (κ2) is 6.84. The van der Waals surface area contributed by atoms with E-state index in [0.717, 1.165) is 30.9 Å². The van der Waals surface area contributed by atoms with Crippen molar-refractivity contribution in [3.05, 3.63) is 47.6 Å². The van der Waals surface area contributed by atoms with Gasteiger partial charge in [0.2, 0.25) is 0 Å². The quantitative estimate of drug-likeness (QED) is 0.714. The minimum atomic E-state index is 0.345. The molecule has 0 amide bonds. The van der Waals surface area contributed by atoms with Crippen LogP contribution in [0, 0.1) is 5.41 Å². The summed E-state index contributed by atoms with van der Waals surface area (Å²) in [5.74, 6) is 1.84. The minimum Gasteiger partial charge on any atom is -0.493 e. The van der Waals surface area contributed by atoms with Crippen LogP contribution < -0.4 is 9.47 Å². The molecule has 0 N–H and O–H groups in total. The van der Waals surface area contributed by atoms with Crippen molar-refractivity contribution in [3.8, 4) is 11.5 Å². The second-order valence-electron chi connectivity index (χ2n) is 6.79. The number of ether oxygens (including phenoxy) is 2. The Labute approximate surface area is 128 Å². The fourth-order valence-electron chi connectivity index (χ4n) is 2.17. The summed E-state index contributed by atoms with van der Waals surface area (Å²) in [6.45, 7) is 10.2. The van der Waals surface area contributed by atoms with Crippen LogP contribution in [0.15, 0.2) is 42.0 Å². The predicted octanol–water partition coefficient (Wildman–Crippen LogP) is 4.94. The Morgan fingerprint density at radius 1 is 1.33 bits per heavy atom. The summed E-state index contributed by atoms with van der Waals surface area (Å²) in [5, 5.41) is 0. The van der Waals surface area contributed by atoms with Crippen molar-refractivity contribution in [2.45, 2.75) is 40.5 Å². The van der Waals surface area contributed by atoms with Gasteiger partial charge in [0.25, 0.3) is 0 Å². The molecule has 0 atom stereocenters. The van der Waals surface area contributed by atoms with Crippen LogP contribution in [-0.2, 0) is 6.42 Å². The summed E-state index contributed by atoms with van der Waals surface area (Å²) in [6.07, 6.45) is 8.59. The molecule has 0 spiro atoms. The topological polar surface area (TPSA) is 18.5 Å². The molecule has 0 fully saturated rings. The molecule has 2 nitrogen and oxygen atoms in total. The van der Waals surface area contributed by atoms with E-state index in [0.29, 0.717) is 12.0 Å². The molecule has 0 aliphatic carbocycles. The van der Waals surface area contributed by atoms with Gasteiger partial charge in [-0.15, -0.1) is 0 Å². The van der Waals surface area contributed by atoms with E-state index in [1.165, 1.54) is 11.1 Å². The van der Waals surface area contributed by atoms with Crippen molar-refractivity contribution in [2.75, 3.05) is 13.2 Å². The highest BCUT2D eigenvalue weighted by molar-refractivity contribution is 5.42. The van der Waals surface area contributed by atoms with E-state index in [-0.39, 0.29) is 0 Å². The largest absolute Gasteiger partial charge is 0.493 e. The maximum atomic E-state index is 5.76. The molecular weight excluding hydrogens is 260 g/mol. The lowest BCUT2D eigenvalue weighted by molar-refractivity contribution is 0.344. The molecule has 114 valence electrons. The van der Waals surface area contributed by atoms with Crippen molar-refractivity contribution < 1.29 is 9.47 Å². The Balaban J connectivity index is 1.81. The monoisotopic (exact) mass is 286 g/mol. The van der Waals surface area contributed by atoms with Crippen LogP contribution in [0.2, 0.25) is 0 Å². The van der Waals surface area contributed by atoms with Crippen LogP contribution in [0.25, 0.3) is 0 Å². The fraction of sp³-hybridized carbons (Fsp3) is 0.474. The molecule has 0 saturated heterocycles. The van der Waals surface area contributed by atoms with Crippen molar-refractivity contribution in [2.24, 2.45) is 5.41 Å². The molecule has 1 aliphatic rings. The van der Waals surface area contributed by atoms with Crippen molar-refractivity contribution in [3.63, 3.8) is 0 Å². The molecule has 21 heavy (non-hydrogen) atoms. The van der Waals surface area contributed by atoms with Gasteiger partial charge in [-0.3, -0.25) is 0 Å². The van der Waals surface area contributed by atoms with E-state index in [4.69, 9.17) is 9.47 Å². The maximum absolute atomic E-state index is 5.76. The van der Waals surface area contributed by atoms with Gasteiger partial charge >= 0.3 is 0 Å². The Hall–Kier alpha value is -1.70. The van der Waals surface area contributed by atoms with E-state index in [2.05, 4.69) is 52.0 Å². The molecule has 2 rings (SSSR count). The number of hydrogen-bond acceptors (Lipinski definition) is 2. The first-order chi connectivity index (χ1) is 9.94. The summed E-state index contributed by atoms with van der Waals surface area (Å²) in [5.41, 5.74) is 2.85. The lowest BCUT2D eigenvalue weighted by atomic mass is 9.92. The average molecular weight is 286 g/mol. The third kappa shape index (κ3) is 5.30. The molecule has 0 bridgehead atoms. The van der Waals surface area contributed by atoms with Crippen LogP contribution in [0.1, 0.15) is 39.7 Å². The SMILES string of the molecule is CC(C=CCC(C)(C)C)=CCOc1ccc2c(c1)OCC2. The van der Waals surface area contributed by atoms with Gasteiger partial charge in [0.15, 0.2) is 0 Å². The van der Waals surface area contributed by atoms with Crippen LogP contribution in [0.5, 0.6) is 11.5 Å². The third-order valence-electron chi connectivity index (χ3n) is 3.43. The van der Waals surface area contributed by atoms with E-state index >= 15 is 0 Å². The van der Waals surface area contributed by atoms with Gasteiger partial charge in [-0.1, -0.05) is 44.6 Å². The lowest BCUT2D eigenvalue weighted by Gasteiger charge is -2.14. The summed E-state index contributed by atoms with van der Waals surface area (Å²) in [6, 6.07) is 6.10. The Bertz CT molecular complexity index is 533. The average Bonchev–Trinajstić information content (AvgIpc) is 2.84.